The van der Waals surface area contributed by atoms with Crippen LogP contribution in [0.3, 0.4) is 0 Å². The summed E-state index contributed by atoms with van der Waals surface area (Å²) in [5.74, 6) is 3.56. The van der Waals surface area contributed by atoms with Gasteiger partial charge in [0.05, 0.1) is 5.41 Å². The maximum absolute atomic E-state index is 6.91. The van der Waals surface area contributed by atoms with Gasteiger partial charge in [0, 0.05) is 33.4 Å². The molecular weight excluding hydrogens is 683 g/mol. The van der Waals surface area contributed by atoms with Gasteiger partial charge in [-0.2, -0.15) is 0 Å². The van der Waals surface area contributed by atoms with E-state index in [4.69, 9.17) is 19.7 Å². The first-order valence-corrected chi connectivity index (χ1v) is 18.9. The van der Waals surface area contributed by atoms with Gasteiger partial charge >= 0.3 is 0 Å². The molecule has 0 bridgehead atoms. The van der Waals surface area contributed by atoms with Crippen molar-refractivity contribution in [2.24, 2.45) is 0 Å². The molecule has 0 amide bonds. The highest BCUT2D eigenvalue weighted by atomic mass is 16.5. The highest BCUT2D eigenvalue weighted by Crippen LogP contribution is 2.57. The van der Waals surface area contributed by atoms with Gasteiger partial charge in [0.25, 0.3) is 0 Å². The second kappa shape index (κ2) is 14.1. The van der Waals surface area contributed by atoms with Crippen LogP contribution in [0.25, 0.3) is 56.4 Å². The van der Waals surface area contributed by atoms with Crippen molar-refractivity contribution in [1.29, 1.82) is 0 Å². The second-order valence-corrected chi connectivity index (χ2v) is 14.0. The fourth-order valence-electron chi connectivity index (χ4n) is 8.05. The monoisotopic (exact) mass is 717 g/mol. The van der Waals surface area contributed by atoms with E-state index in [0.717, 1.165) is 56.0 Å². The van der Waals surface area contributed by atoms with Crippen molar-refractivity contribution in [3.8, 4) is 67.9 Å². The third-order valence-electron chi connectivity index (χ3n) is 10.7. The molecule has 1 aromatic heterocycles. The molecule has 0 spiro atoms. The van der Waals surface area contributed by atoms with Crippen molar-refractivity contribution in [2.45, 2.75) is 5.41 Å². The average Bonchev–Trinajstić information content (AvgIpc) is 3.29. The Kier molecular flexibility index (Phi) is 8.34. The summed E-state index contributed by atoms with van der Waals surface area (Å²) in [5, 5.41) is 0. The summed E-state index contributed by atoms with van der Waals surface area (Å²) in [6, 6.07) is 73.8. The fraction of sp³-hybridized carbons (Fsp3) is 0.0192. The van der Waals surface area contributed by atoms with Crippen molar-refractivity contribution in [3.63, 3.8) is 0 Å². The van der Waals surface area contributed by atoms with E-state index in [1.807, 2.05) is 42.5 Å². The molecule has 264 valence electrons. The summed E-state index contributed by atoms with van der Waals surface area (Å²) >= 11 is 0. The number of fused-ring (bicyclic) bond motifs is 2. The predicted octanol–water partition coefficient (Wildman–Crippen LogP) is 12.7. The molecule has 0 radical (unpaired) electrons. The Bertz CT molecular complexity index is 2750. The van der Waals surface area contributed by atoms with Crippen LogP contribution in [-0.2, 0) is 5.41 Å². The first-order chi connectivity index (χ1) is 27.8. The summed E-state index contributed by atoms with van der Waals surface area (Å²) in [6.45, 7) is 0. The van der Waals surface area contributed by atoms with Crippen LogP contribution in [0.15, 0.2) is 212 Å². The van der Waals surface area contributed by atoms with Gasteiger partial charge in [-0.15, -0.1) is 0 Å². The minimum atomic E-state index is -0.586. The zero-order valence-electron chi connectivity index (χ0n) is 30.5. The highest BCUT2D eigenvalue weighted by molar-refractivity contribution is 5.81. The molecule has 0 atom stereocenters. The predicted molar refractivity (Wildman–Crippen MR) is 225 cm³/mol. The van der Waals surface area contributed by atoms with Crippen LogP contribution in [0.5, 0.6) is 11.5 Å². The molecule has 8 aromatic carbocycles. The van der Waals surface area contributed by atoms with Gasteiger partial charge in [-0.05, 0) is 33.9 Å². The van der Waals surface area contributed by atoms with Crippen LogP contribution in [0.1, 0.15) is 22.3 Å². The number of benzene rings is 8. The third-order valence-corrected chi connectivity index (χ3v) is 10.7. The van der Waals surface area contributed by atoms with Crippen molar-refractivity contribution < 1.29 is 4.74 Å². The van der Waals surface area contributed by atoms with Crippen LogP contribution in [0.2, 0.25) is 0 Å². The normalized spacial score (nSPS) is 12.6. The summed E-state index contributed by atoms with van der Waals surface area (Å²) in [4.78, 5) is 15.0. The smallest absolute Gasteiger partial charge is 0.164 e. The number of hydrogen-bond donors (Lipinski definition) is 0. The van der Waals surface area contributed by atoms with Crippen LogP contribution >= 0.6 is 0 Å². The Morgan fingerprint density at radius 2 is 0.696 bits per heavy atom. The molecule has 0 unspecified atom stereocenters. The van der Waals surface area contributed by atoms with Gasteiger partial charge < -0.3 is 4.74 Å². The molecule has 0 fully saturated rings. The van der Waals surface area contributed by atoms with Crippen molar-refractivity contribution in [3.05, 3.63) is 235 Å². The number of hydrogen-bond acceptors (Lipinski definition) is 4. The Balaban J connectivity index is 1.08. The molecule has 0 saturated heterocycles. The number of para-hydroxylation sites is 2. The van der Waals surface area contributed by atoms with E-state index in [1.165, 1.54) is 16.7 Å². The number of nitrogens with zero attached hydrogens (tertiary/aromatic N) is 3. The molecule has 0 aliphatic carbocycles. The van der Waals surface area contributed by atoms with Crippen LogP contribution in [-0.4, -0.2) is 15.0 Å². The van der Waals surface area contributed by atoms with E-state index < -0.39 is 5.41 Å². The molecule has 56 heavy (non-hydrogen) atoms. The topological polar surface area (TPSA) is 47.9 Å². The lowest BCUT2D eigenvalue weighted by atomic mass is 9.63. The first-order valence-electron chi connectivity index (χ1n) is 18.9. The maximum atomic E-state index is 6.91. The van der Waals surface area contributed by atoms with Gasteiger partial charge in [-0.25, -0.2) is 15.0 Å². The van der Waals surface area contributed by atoms with E-state index in [2.05, 4.69) is 170 Å². The summed E-state index contributed by atoms with van der Waals surface area (Å²) < 4.78 is 6.91. The minimum Gasteiger partial charge on any atom is -0.456 e. The molecule has 1 aliphatic heterocycles. The summed E-state index contributed by atoms with van der Waals surface area (Å²) in [5.41, 5.74) is 11.1. The molecule has 1 aliphatic rings. The van der Waals surface area contributed by atoms with Crippen molar-refractivity contribution in [1.82, 2.24) is 15.0 Å². The molecule has 0 N–H and O–H groups in total. The molecule has 4 nitrogen and oxygen atoms in total. The van der Waals surface area contributed by atoms with Gasteiger partial charge in [-0.3, -0.25) is 0 Å². The molecular formula is C52H35N3O. The van der Waals surface area contributed by atoms with Crippen LogP contribution in [0, 0.1) is 0 Å². The fourth-order valence-corrected chi connectivity index (χ4v) is 8.05. The Hall–Kier alpha value is -7.43. The zero-order valence-corrected chi connectivity index (χ0v) is 30.5. The van der Waals surface area contributed by atoms with E-state index in [1.54, 1.807) is 0 Å². The number of ether oxygens (including phenoxy) is 1. The van der Waals surface area contributed by atoms with Gasteiger partial charge in [-0.1, -0.05) is 206 Å². The highest BCUT2D eigenvalue weighted by Gasteiger charge is 2.45. The van der Waals surface area contributed by atoms with E-state index >= 15 is 0 Å². The lowest BCUT2D eigenvalue weighted by Gasteiger charge is -2.42. The van der Waals surface area contributed by atoms with E-state index in [0.29, 0.717) is 17.5 Å². The van der Waals surface area contributed by atoms with E-state index in [-0.39, 0.29) is 0 Å². The van der Waals surface area contributed by atoms with Crippen LogP contribution < -0.4 is 4.74 Å². The maximum Gasteiger partial charge on any atom is 0.164 e. The molecule has 9 aromatic rings. The summed E-state index contributed by atoms with van der Waals surface area (Å²) in [6.07, 6.45) is 0. The quantitative estimate of drug-likeness (QED) is 0.165. The standard InChI is InChI=1S/C52H35N3O/c1-5-16-36(17-6-1)37-28-32-40(33-29-37)50-53-49(39-18-7-2-8-19-39)54-51(55-50)41-34-30-38(31-35-41)44-24-15-26-46-48(44)56-47-27-14-13-25-45(47)52(46,42-20-9-3-10-21-42)43-22-11-4-12-23-43/h1-35H. The van der Waals surface area contributed by atoms with Gasteiger partial charge in [0.2, 0.25) is 0 Å². The average molecular weight is 718 g/mol. The van der Waals surface area contributed by atoms with Gasteiger partial charge in [0.1, 0.15) is 11.5 Å². The molecule has 10 rings (SSSR count). The number of rotatable bonds is 7. The Morgan fingerprint density at radius 3 is 1.25 bits per heavy atom. The lowest BCUT2D eigenvalue weighted by Crippen LogP contribution is -2.34. The SMILES string of the molecule is c1ccc(-c2ccc(-c3nc(-c4ccccc4)nc(-c4ccc(-c5cccc6c5Oc5ccccc5C6(c5ccccc5)c5ccccc5)cc4)n3)cc2)cc1. The zero-order chi connectivity index (χ0) is 37.3. The van der Waals surface area contributed by atoms with Gasteiger partial charge in [0.15, 0.2) is 17.5 Å². The summed E-state index contributed by atoms with van der Waals surface area (Å²) in [7, 11) is 0. The molecule has 4 heteroatoms. The third kappa shape index (κ3) is 5.76. The van der Waals surface area contributed by atoms with Crippen molar-refractivity contribution >= 4 is 0 Å². The Labute approximate surface area is 326 Å². The Morgan fingerprint density at radius 1 is 0.304 bits per heavy atom. The number of aromatic nitrogens is 3. The first kappa shape index (κ1) is 33.2. The van der Waals surface area contributed by atoms with Crippen molar-refractivity contribution in [2.75, 3.05) is 0 Å². The largest absolute Gasteiger partial charge is 0.456 e. The molecule has 0 saturated carbocycles. The minimum absolute atomic E-state index is 0.586. The van der Waals surface area contributed by atoms with E-state index in [9.17, 15) is 0 Å². The second-order valence-electron chi connectivity index (χ2n) is 14.0. The molecule has 2 heterocycles. The lowest BCUT2D eigenvalue weighted by molar-refractivity contribution is 0.436. The van der Waals surface area contributed by atoms with Crippen LogP contribution in [0.4, 0.5) is 0 Å².